The molecular weight excluding hydrogens is 325 g/mol. The summed E-state index contributed by atoms with van der Waals surface area (Å²) in [7, 11) is 0. The molecule has 0 aliphatic heterocycles. The summed E-state index contributed by atoms with van der Waals surface area (Å²) in [5.74, 6) is 5.53. The van der Waals surface area contributed by atoms with Gasteiger partial charge in [-0.3, -0.25) is 0 Å². The fourth-order valence-electron chi connectivity index (χ4n) is 1.94. The van der Waals surface area contributed by atoms with Gasteiger partial charge < -0.3 is 5.73 Å². The second-order valence-corrected chi connectivity index (χ2v) is 5.16. The number of rotatable bonds is 0. The molecular formula is C17H10ClF3N2. The van der Waals surface area contributed by atoms with Crippen molar-refractivity contribution < 1.29 is 13.2 Å². The Bertz CT molecular complexity index is 868. The predicted molar refractivity (Wildman–Crippen MR) is 82.7 cm³/mol. The Labute approximate surface area is 136 Å². The molecule has 0 unspecified atom stereocenters. The molecule has 0 spiro atoms. The highest BCUT2D eigenvalue weighted by molar-refractivity contribution is 6.31. The molecule has 6 heteroatoms. The fraction of sp³-hybridized carbons (Fsp3) is 0.118. The first kappa shape index (κ1) is 16.7. The standard InChI is InChI=1S/C17H10ClF3N2/c1-10-11(5-7-16(23)14(10)9-22)2-3-12-4-6-13(8-15(12)18)17(19,20)21/h4-8H,23H2,1H3. The van der Waals surface area contributed by atoms with Crippen LogP contribution < -0.4 is 5.73 Å². The number of halogens is 4. The average molecular weight is 335 g/mol. The van der Waals surface area contributed by atoms with E-state index in [0.29, 0.717) is 22.4 Å². The summed E-state index contributed by atoms with van der Waals surface area (Å²) in [6, 6.07) is 8.18. The van der Waals surface area contributed by atoms with Gasteiger partial charge in [-0.25, -0.2) is 0 Å². The van der Waals surface area contributed by atoms with Gasteiger partial charge in [0.05, 0.1) is 16.1 Å². The molecule has 0 amide bonds. The summed E-state index contributed by atoms with van der Waals surface area (Å²) < 4.78 is 37.8. The van der Waals surface area contributed by atoms with Crippen LogP contribution in [0.2, 0.25) is 5.02 Å². The summed E-state index contributed by atoms with van der Waals surface area (Å²) in [6.07, 6.45) is -4.45. The van der Waals surface area contributed by atoms with E-state index in [2.05, 4.69) is 11.8 Å². The predicted octanol–water partition coefficient (Wildman–Crippen LogP) is 4.52. The minimum atomic E-state index is -4.45. The lowest BCUT2D eigenvalue weighted by molar-refractivity contribution is -0.137. The smallest absolute Gasteiger partial charge is 0.398 e. The van der Waals surface area contributed by atoms with Gasteiger partial charge in [0.2, 0.25) is 0 Å². The van der Waals surface area contributed by atoms with Gasteiger partial charge in [-0.05, 0) is 42.8 Å². The SMILES string of the molecule is Cc1c(C#Cc2ccc(C(F)(F)F)cc2Cl)ccc(N)c1C#N. The summed E-state index contributed by atoms with van der Waals surface area (Å²) in [6.45, 7) is 1.70. The van der Waals surface area contributed by atoms with E-state index in [9.17, 15) is 13.2 Å². The minimum Gasteiger partial charge on any atom is -0.398 e. The molecule has 0 saturated heterocycles. The van der Waals surface area contributed by atoms with Crippen LogP contribution in [0.5, 0.6) is 0 Å². The molecule has 0 atom stereocenters. The Morgan fingerprint density at radius 1 is 1.09 bits per heavy atom. The fourth-order valence-corrected chi connectivity index (χ4v) is 2.17. The van der Waals surface area contributed by atoms with Crippen LogP contribution in [0.1, 0.15) is 27.8 Å². The van der Waals surface area contributed by atoms with Gasteiger partial charge in [0.15, 0.2) is 0 Å². The van der Waals surface area contributed by atoms with E-state index in [4.69, 9.17) is 22.6 Å². The molecule has 116 valence electrons. The second-order valence-electron chi connectivity index (χ2n) is 4.76. The van der Waals surface area contributed by atoms with Crippen molar-refractivity contribution >= 4 is 17.3 Å². The minimum absolute atomic E-state index is 0.0825. The van der Waals surface area contributed by atoms with E-state index in [1.165, 1.54) is 6.07 Å². The molecule has 0 saturated carbocycles. The van der Waals surface area contributed by atoms with Crippen LogP contribution in [0.15, 0.2) is 30.3 Å². The number of hydrogen-bond donors (Lipinski definition) is 1. The monoisotopic (exact) mass is 334 g/mol. The molecule has 23 heavy (non-hydrogen) atoms. The number of benzene rings is 2. The highest BCUT2D eigenvalue weighted by Gasteiger charge is 2.30. The zero-order valence-corrected chi connectivity index (χ0v) is 12.7. The summed E-state index contributed by atoms with van der Waals surface area (Å²) in [5.41, 5.74) is 6.99. The van der Waals surface area contributed by atoms with Crippen molar-refractivity contribution in [1.82, 2.24) is 0 Å². The van der Waals surface area contributed by atoms with Gasteiger partial charge >= 0.3 is 6.18 Å². The van der Waals surface area contributed by atoms with Crippen molar-refractivity contribution in [3.05, 3.63) is 63.2 Å². The van der Waals surface area contributed by atoms with Crippen molar-refractivity contribution in [1.29, 1.82) is 5.26 Å². The molecule has 0 aliphatic rings. The number of hydrogen-bond acceptors (Lipinski definition) is 2. The van der Waals surface area contributed by atoms with Crippen LogP contribution in [0, 0.1) is 30.1 Å². The Hall–Kier alpha value is -2.63. The number of nitriles is 1. The maximum atomic E-state index is 12.6. The molecule has 2 rings (SSSR count). The molecule has 0 aliphatic carbocycles. The Kier molecular flexibility index (Phi) is 4.54. The Balaban J connectivity index is 2.43. The van der Waals surface area contributed by atoms with Crippen molar-refractivity contribution in [3.8, 4) is 17.9 Å². The van der Waals surface area contributed by atoms with E-state index >= 15 is 0 Å². The van der Waals surface area contributed by atoms with Crippen LogP contribution in [0.25, 0.3) is 0 Å². The topological polar surface area (TPSA) is 49.8 Å². The Morgan fingerprint density at radius 3 is 2.26 bits per heavy atom. The lowest BCUT2D eigenvalue weighted by atomic mass is 10.0. The lowest BCUT2D eigenvalue weighted by Gasteiger charge is -2.07. The largest absolute Gasteiger partial charge is 0.416 e. The normalized spacial score (nSPS) is 10.6. The molecule has 0 heterocycles. The number of alkyl halides is 3. The average Bonchev–Trinajstić information content (AvgIpc) is 2.47. The molecule has 2 aromatic carbocycles. The molecule has 2 aromatic rings. The summed E-state index contributed by atoms with van der Waals surface area (Å²) >= 11 is 5.85. The third-order valence-corrected chi connectivity index (χ3v) is 3.55. The zero-order valence-electron chi connectivity index (χ0n) is 11.9. The zero-order chi connectivity index (χ0) is 17.2. The lowest BCUT2D eigenvalue weighted by Crippen LogP contribution is -2.04. The first-order valence-corrected chi connectivity index (χ1v) is 6.79. The third kappa shape index (κ3) is 3.59. The Morgan fingerprint density at radius 2 is 1.70 bits per heavy atom. The van der Waals surface area contributed by atoms with E-state index in [0.717, 1.165) is 12.1 Å². The maximum absolute atomic E-state index is 12.6. The van der Waals surface area contributed by atoms with Crippen molar-refractivity contribution in [2.45, 2.75) is 13.1 Å². The van der Waals surface area contributed by atoms with Crippen molar-refractivity contribution in [3.63, 3.8) is 0 Å². The first-order chi connectivity index (χ1) is 10.7. The van der Waals surface area contributed by atoms with Crippen molar-refractivity contribution in [2.24, 2.45) is 0 Å². The van der Waals surface area contributed by atoms with E-state index < -0.39 is 11.7 Å². The molecule has 0 bridgehead atoms. The van der Waals surface area contributed by atoms with Gasteiger partial charge in [0.25, 0.3) is 0 Å². The van der Waals surface area contributed by atoms with Gasteiger partial charge in [0.1, 0.15) is 6.07 Å². The maximum Gasteiger partial charge on any atom is 0.416 e. The van der Waals surface area contributed by atoms with Crippen LogP contribution in [0.4, 0.5) is 18.9 Å². The van der Waals surface area contributed by atoms with E-state index in [1.54, 1.807) is 19.1 Å². The highest BCUT2D eigenvalue weighted by atomic mass is 35.5. The second kappa shape index (κ2) is 6.24. The van der Waals surface area contributed by atoms with Gasteiger partial charge in [-0.2, -0.15) is 18.4 Å². The van der Waals surface area contributed by atoms with Gasteiger partial charge in [0, 0.05) is 16.8 Å². The molecule has 0 fully saturated rings. The summed E-state index contributed by atoms with van der Waals surface area (Å²) in [5, 5.41) is 8.97. The molecule has 0 radical (unpaired) electrons. The number of nitrogens with two attached hydrogens (primary N) is 1. The molecule has 2 nitrogen and oxygen atoms in total. The van der Waals surface area contributed by atoms with E-state index in [1.807, 2.05) is 6.07 Å². The first-order valence-electron chi connectivity index (χ1n) is 6.42. The highest BCUT2D eigenvalue weighted by Crippen LogP contribution is 2.31. The van der Waals surface area contributed by atoms with Crippen LogP contribution >= 0.6 is 11.6 Å². The van der Waals surface area contributed by atoms with Gasteiger partial charge in [-0.15, -0.1) is 0 Å². The van der Waals surface area contributed by atoms with Crippen molar-refractivity contribution in [2.75, 3.05) is 5.73 Å². The molecule has 0 aromatic heterocycles. The van der Waals surface area contributed by atoms with Crippen LogP contribution in [-0.4, -0.2) is 0 Å². The third-order valence-electron chi connectivity index (χ3n) is 3.24. The van der Waals surface area contributed by atoms with E-state index in [-0.39, 0.29) is 10.6 Å². The molecule has 2 N–H and O–H groups in total. The van der Waals surface area contributed by atoms with Gasteiger partial charge in [-0.1, -0.05) is 23.4 Å². The number of nitrogens with zero attached hydrogens (tertiary/aromatic N) is 1. The number of nitrogen functional groups attached to an aromatic ring is 1. The number of anilines is 1. The summed E-state index contributed by atoms with van der Waals surface area (Å²) in [4.78, 5) is 0. The quantitative estimate of drug-likeness (QED) is 0.569. The van der Waals surface area contributed by atoms with Crippen LogP contribution in [-0.2, 0) is 6.18 Å². The van der Waals surface area contributed by atoms with Crippen LogP contribution in [0.3, 0.4) is 0 Å².